The van der Waals surface area contributed by atoms with Crippen LogP contribution >= 0.6 is 0 Å². The van der Waals surface area contributed by atoms with E-state index in [-0.39, 0.29) is 5.82 Å². The maximum absolute atomic E-state index is 13.7. The van der Waals surface area contributed by atoms with E-state index in [4.69, 9.17) is 0 Å². The fourth-order valence-corrected chi connectivity index (χ4v) is 1.80. The van der Waals surface area contributed by atoms with Crippen LogP contribution in [0.4, 0.5) is 4.39 Å². The minimum absolute atomic E-state index is 0.166. The van der Waals surface area contributed by atoms with Gasteiger partial charge in [-0.25, -0.2) is 4.39 Å². The molecule has 0 nitrogen and oxygen atoms in total. The summed E-state index contributed by atoms with van der Waals surface area (Å²) in [7, 11) is 0. The predicted molar refractivity (Wildman–Crippen MR) is 65.7 cm³/mol. The smallest absolute Gasteiger partial charge is 0.127 e. The van der Waals surface area contributed by atoms with Crippen molar-refractivity contribution >= 4 is 0 Å². The van der Waals surface area contributed by atoms with Gasteiger partial charge in [0.2, 0.25) is 0 Å². The Balaban J connectivity index is 2.56. The minimum atomic E-state index is -0.166. The van der Waals surface area contributed by atoms with Gasteiger partial charge in [0.15, 0.2) is 0 Å². The highest BCUT2D eigenvalue weighted by Gasteiger charge is 2.07. The lowest BCUT2D eigenvalue weighted by Gasteiger charge is -2.08. The van der Waals surface area contributed by atoms with E-state index in [1.807, 2.05) is 36.4 Å². The van der Waals surface area contributed by atoms with Crippen molar-refractivity contribution in [3.8, 4) is 11.1 Å². The normalized spacial score (nSPS) is 10.1. The van der Waals surface area contributed by atoms with Crippen LogP contribution in [-0.2, 0) is 6.42 Å². The number of hydrogen-bond acceptors (Lipinski definition) is 0. The average Bonchev–Trinajstić information content (AvgIpc) is 2.33. The zero-order valence-electron chi connectivity index (χ0n) is 8.99. The SMILES string of the molecule is C=CCc1c(F)cccc1-c1ccccc1. The van der Waals surface area contributed by atoms with Gasteiger partial charge in [-0.05, 0) is 29.2 Å². The molecule has 0 saturated heterocycles. The van der Waals surface area contributed by atoms with Crippen LogP contribution in [0.5, 0.6) is 0 Å². The lowest BCUT2D eigenvalue weighted by molar-refractivity contribution is 0.615. The van der Waals surface area contributed by atoms with Gasteiger partial charge >= 0.3 is 0 Å². The molecule has 0 aliphatic carbocycles. The lowest BCUT2D eigenvalue weighted by Crippen LogP contribution is -1.92. The number of hydrogen-bond donors (Lipinski definition) is 0. The summed E-state index contributed by atoms with van der Waals surface area (Å²) in [5, 5.41) is 0. The first kappa shape index (κ1) is 10.6. The highest BCUT2D eigenvalue weighted by Crippen LogP contribution is 2.26. The third kappa shape index (κ3) is 2.03. The summed E-state index contributed by atoms with van der Waals surface area (Å²) in [6, 6.07) is 15.0. The van der Waals surface area contributed by atoms with Crippen molar-refractivity contribution in [3.05, 3.63) is 72.6 Å². The van der Waals surface area contributed by atoms with Crippen molar-refractivity contribution in [2.24, 2.45) is 0 Å². The molecule has 0 bridgehead atoms. The number of rotatable bonds is 3. The molecule has 80 valence electrons. The molecule has 16 heavy (non-hydrogen) atoms. The fraction of sp³-hybridized carbons (Fsp3) is 0.0667. The van der Waals surface area contributed by atoms with E-state index in [0.717, 1.165) is 11.1 Å². The summed E-state index contributed by atoms with van der Waals surface area (Å²) in [6.07, 6.45) is 2.28. The molecule has 2 aromatic rings. The Labute approximate surface area is 95.1 Å². The van der Waals surface area contributed by atoms with E-state index < -0.39 is 0 Å². The summed E-state index contributed by atoms with van der Waals surface area (Å²) in [4.78, 5) is 0. The number of benzene rings is 2. The van der Waals surface area contributed by atoms with Crippen LogP contribution in [0.1, 0.15) is 5.56 Å². The Morgan fingerprint density at radius 1 is 1.00 bits per heavy atom. The maximum Gasteiger partial charge on any atom is 0.127 e. The Hall–Kier alpha value is -1.89. The van der Waals surface area contributed by atoms with Gasteiger partial charge in [-0.3, -0.25) is 0 Å². The largest absolute Gasteiger partial charge is 0.207 e. The summed E-state index contributed by atoms with van der Waals surface area (Å²) < 4.78 is 13.7. The molecule has 0 aliphatic heterocycles. The fourth-order valence-electron chi connectivity index (χ4n) is 1.80. The Morgan fingerprint density at radius 2 is 1.75 bits per heavy atom. The predicted octanol–water partition coefficient (Wildman–Crippen LogP) is 4.22. The molecule has 0 fully saturated rings. The van der Waals surface area contributed by atoms with Gasteiger partial charge in [0.25, 0.3) is 0 Å². The van der Waals surface area contributed by atoms with Crippen molar-refractivity contribution in [3.63, 3.8) is 0 Å². The van der Waals surface area contributed by atoms with Crippen LogP contribution in [0.15, 0.2) is 61.2 Å². The van der Waals surface area contributed by atoms with Gasteiger partial charge in [0.05, 0.1) is 0 Å². The molecule has 0 atom stereocenters. The van der Waals surface area contributed by atoms with E-state index >= 15 is 0 Å². The lowest BCUT2D eigenvalue weighted by atomic mass is 9.97. The zero-order valence-corrected chi connectivity index (χ0v) is 8.99. The van der Waals surface area contributed by atoms with E-state index in [1.165, 1.54) is 6.07 Å². The Bertz CT molecular complexity index is 486. The van der Waals surface area contributed by atoms with Crippen molar-refractivity contribution in [1.82, 2.24) is 0 Å². The quantitative estimate of drug-likeness (QED) is 0.668. The molecule has 0 N–H and O–H groups in total. The summed E-state index contributed by atoms with van der Waals surface area (Å²) in [5.41, 5.74) is 2.70. The first-order valence-corrected chi connectivity index (χ1v) is 5.26. The summed E-state index contributed by atoms with van der Waals surface area (Å²) in [6.45, 7) is 3.67. The second-order valence-electron chi connectivity index (χ2n) is 3.62. The van der Waals surface area contributed by atoms with E-state index in [0.29, 0.717) is 12.0 Å². The monoisotopic (exact) mass is 212 g/mol. The van der Waals surface area contributed by atoms with Crippen LogP contribution in [-0.4, -0.2) is 0 Å². The second-order valence-corrected chi connectivity index (χ2v) is 3.62. The molecule has 0 heterocycles. The first-order chi connectivity index (χ1) is 7.83. The maximum atomic E-state index is 13.7. The molecule has 2 rings (SSSR count). The second kappa shape index (κ2) is 4.75. The highest BCUT2D eigenvalue weighted by atomic mass is 19.1. The van der Waals surface area contributed by atoms with Crippen LogP contribution in [0.25, 0.3) is 11.1 Å². The van der Waals surface area contributed by atoms with Gasteiger partial charge < -0.3 is 0 Å². The van der Waals surface area contributed by atoms with Crippen LogP contribution < -0.4 is 0 Å². The molecule has 0 saturated carbocycles. The third-order valence-corrected chi connectivity index (χ3v) is 2.55. The zero-order chi connectivity index (χ0) is 11.4. The van der Waals surface area contributed by atoms with Gasteiger partial charge in [0.1, 0.15) is 5.82 Å². The average molecular weight is 212 g/mol. The molecule has 0 aliphatic rings. The van der Waals surface area contributed by atoms with Gasteiger partial charge in [-0.1, -0.05) is 48.5 Å². The topological polar surface area (TPSA) is 0 Å². The van der Waals surface area contributed by atoms with Gasteiger partial charge in [-0.2, -0.15) is 0 Å². The molecule has 0 amide bonds. The molecule has 0 radical (unpaired) electrons. The van der Waals surface area contributed by atoms with Crippen molar-refractivity contribution in [2.45, 2.75) is 6.42 Å². The standard InChI is InChI=1S/C15H13F/c1-2-7-14-13(10-6-11-15(14)16)12-8-4-3-5-9-12/h2-6,8-11H,1,7H2. The molecular weight excluding hydrogens is 199 g/mol. The molecule has 0 aromatic heterocycles. The Morgan fingerprint density at radius 3 is 2.44 bits per heavy atom. The third-order valence-electron chi connectivity index (χ3n) is 2.55. The molecule has 1 heteroatoms. The van der Waals surface area contributed by atoms with Gasteiger partial charge in [-0.15, -0.1) is 6.58 Å². The molecular formula is C15H13F. The van der Waals surface area contributed by atoms with Gasteiger partial charge in [0, 0.05) is 0 Å². The molecule has 0 spiro atoms. The van der Waals surface area contributed by atoms with Crippen LogP contribution in [0.2, 0.25) is 0 Å². The van der Waals surface area contributed by atoms with E-state index in [1.54, 1.807) is 12.1 Å². The van der Waals surface area contributed by atoms with Crippen molar-refractivity contribution in [1.29, 1.82) is 0 Å². The highest BCUT2D eigenvalue weighted by molar-refractivity contribution is 5.67. The van der Waals surface area contributed by atoms with E-state index in [2.05, 4.69) is 6.58 Å². The summed E-state index contributed by atoms with van der Waals surface area (Å²) >= 11 is 0. The first-order valence-electron chi connectivity index (χ1n) is 5.26. The van der Waals surface area contributed by atoms with Crippen molar-refractivity contribution < 1.29 is 4.39 Å². The van der Waals surface area contributed by atoms with E-state index in [9.17, 15) is 4.39 Å². The Kier molecular flexibility index (Phi) is 3.16. The van der Waals surface area contributed by atoms with Crippen LogP contribution in [0, 0.1) is 5.82 Å². The number of halogens is 1. The molecule has 2 aromatic carbocycles. The molecule has 0 unspecified atom stereocenters. The number of allylic oxidation sites excluding steroid dienone is 1. The van der Waals surface area contributed by atoms with Crippen molar-refractivity contribution in [2.75, 3.05) is 0 Å². The summed E-state index contributed by atoms with van der Waals surface area (Å²) in [5.74, 6) is -0.166. The minimum Gasteiger partial charge on any atom is -0.207 e. The van der Waals surface area contributed by atoms with Crippen LogP contribution in [0.3, 0.4) is 0 Å².